The van der Waals surface area contributed by atoms with Crippen LogP contribution in [0.5, 0.6) is 17.2 Å². The monoisotopic (exact) mass is 336 g/mol. The molecule has 3 rings (SSSR count). The minimum Gasteiger partial charge on any atom is -0.485 e. The molecule has 0 heterocycles. The Labute approximate surface area is 147 Å². The van der Waals surface area contributed by atoms with Crippen molar-refractivity contribution in [2.75, 3.05) is 0 Å². The van der Waals surface area contributed by atoms with Crippen LogP contribution in [0.15, 0.2) is 72.8 Å². The summed E-state index contributed by atoms with van der Waals surface area (Å²) in [6.45, 7) is 4.58. The first-order valence-corrected chi connectivity index (χ1v) is 8.36. The van der Waals surface area contributed by atoms with E-state index in [2.05, 4.69) is 19.9 Å². The summed E-state index contributed by atoms with van der Waals surface area (Å²) in [4.78, 5) is 0. The number of halogens is 1. The number of rotatable bonds is 6. The van der Waals surface area contributed by atoms with Crippen molar-refractivity contribution in [3.05, 3.63) is 89.7 Å². The van der Waals surface area contributed by atoms with Crippen LogP contribution in [0.1, 0.15) is 30.9 Å². The van der Waals surface area contributed by atoms with Gasteiger partial charge in [0.05, 0.1) is 0 Å². The number of hydrogen-bond acceptors (Lipinski definition) is 2. The highest BCUT2D eigenvalue weighted by atomic mass is 19.1. The molecule has 0 atom stereocenters. The van der Waals surface area contributed by atoms with Crippen molar-refractivity contribution in [3.63, 3.8) is 0 Å². The molecule has 0 fully saturated rings. The van der Waals surface area contributed by atoms with E-state index < -0.39 is 0 Å². The van der Waals surface area contributed by atoms with Gasteiger partial charge in [0.15, 0.2) is 11.5 Å². The lowest BCUT2D eigenvalue weighted by Crippen LogP contribution is -1.98. The molecule has 0 saturated carbocycles. The van der Waals surface area contributed by atoms with Crippen molar-refractivity contribution in [3.8, 4) is 17.2 Å². The van der Waals surface area contributed by atoms with Gasteiger partial charge in [-0.1, -0.05) is 50.2 Å². The quantitative estimate of drug-likeness (QED) is 0.524. The van der Waals surface area contributed by atoms with Gasteiger partial charge in [-0.25, -0.2) is 4.39 Å². The molecule has 0 unspecified atom stereocenters. The van der Waals surface area contributed by atoms with E-state index in [1.807, 2.05) is 48.5 Å². The SMILES string of the molecule is CC(C)c1cccc(Oc2ccccc2OCc2cccc(F)c2)c1. The van der Waals surface area contributed by atoms with E-state index in [0.717, 1.165) is 11.3 Å². The molecule has 2 nitrogen and oxygen atoms in total. The van der Waals surface area contributed by atoms with Crippen LogP contribution in [0.4, 0.5) is 4.39 Å². The van der Waals surface area contributed by atoms with E-state index in [1.165, 1.54) is 17.7 Å². The van der Waals surface area contributed by atoms with Crippen LogP contribution in [0, 0.1) is 5.82 Å². The van der Waals surface area contributed by atoms with Crippen molar-refractivity contribution in [1.82, 2.24) is 0 Å². The van der Waals surface area contributed by atoms with Gasteiger partial charge in [-0.15, -0.1) is 0 Å². The molecule has 3 heteroatoms. The summed E-state index contributed by atoms with van der Waals surface area (Å²) in [6, 6.07) is 21.9. The molecule has 0 amide bonds. The Balaban J connectivity index is 1.75. The minimum absolute atomic E-state index is 0.267. The largest absolute Gasteiger partial charge is 0.485 e. The van der Waals surface area contributed by atoms with E-state index in [9.17, 15) is 4.39 Å². The first-order chi connectivity index (χ1) is 12.1. The second-order valence-electron chi connectivity index (χ2n) is 6.19. The molecule has 0 bridgehead atoms. The number of hydrogen-bond donors (Lipinski definition) is 0. The van der Waals surface area contributed by atoms with Crippen LogP contribution in [0.25, 0.3) is 0 Å². The van der Waals surface area contributed by atoms with E-state index in [0.29, 0.717) is 17.4 Å². The Morgan fingerprint density at radius 1 is 0.840 bits per heavy atom. The fraction of sp³-hybridized carbons (Fsp3) is 0.182. The predicted molar refractivity (Wildman–Crippen MR) is 97.8 cm³/mol. The highest BCUT2D eigenvalue weighted by molar-refractivity contribution is 5.43. The maximum atomic E-state index is 13.3. The number of ether oxygens (including phenoxy) is 2. The molecule has 0 spiro atoms. The zero-order chi connectivity index (χ0) is 17.6. The third kappa shape index (κ3) is 4.60. The Hall–Kier alpha value is -2.81. The highest BCUT2D eigenvalue weighted by Gasteiger charge is 2.08. The molecule has 0 aromatic heterocycles. The molecule has 0 aliphatic carbocycles. The summed E-state index contributed by atoms with van der Waals surface area (Å²) in [6.07, 6.45) is 0. The van der Waals surface area contributed by atoms with Crippen molar-refractivity contribution in [2.45, 2.75) is 26.4 Å². The van der Waals surface area contributed by atoms with Crippen LogP contribution in [0.3, 0.4) is 0 Å². The van der Waals surface area contributed by atoms with Gasteiger partial charge >= 0.3 is 0 Å². The Morgan fingerprint density at radius 3 is 2.36 bits per heavy atom. The van der Waals surface area contributed by atoms with Gasteiger partial charge in [-0.2, -0.15) is 0 Å². The Kier molecular flexibility index (Phi) is 5.34. The zero-order valence-electron chi connectivity index (χ0n) is 14.4. The first-order valence-electron chi connectivity index (χ1n) is 8.36. The fourth-order valence-electron chi connectivity index (χ4n) is 2.51. The standard InChI is InChI=1S/C22H21FO2/c1-16(2)18-8-6-10-20(14-18)25-22-12-4-3-11-21(22)24-15-17-7-5-9-19(23)13-17/h3-14,16H,15H2,1-2H3. The molecule has 0 aliphatic rings. The molecule has 0 saturated heterocycles. The van der Waals surface area contributed by atoms with E-state index in [1.54, 1.807) is 6.07 Å². The molecule has 128 valence electrons. The summed E-state index contributed by atoms with van der Waals surface area (Å²) in [5.41, 5.74) is 1.99. The lowest BCUT2D eigenvalue weighted by molar-refractivity contribution is 0.291. The van der Waals surface area contributed by atoms with Crippen molar-refractivity contribution < 1.29 is 13.9 Å². The number of benzene rings is 3. The Morgan fingerprint density at radius 2 is 1.60 bits per heavy atom. The topological polar surface area (TPSA) is 18.5 Å². The molecule has 3 aromatic rings. The zero-order valence-corrected chi connectivity index (χ0v) is 14.4. The molecule has 3 aromatic carbocycles. The fourth-order valence-corrected chi connectivity index (χ4v) is 2.51. The summed E-state index contributed by atoms with van der Waals surface area (Å²) in [5, 5.41) is 0. The van der Waals surface area contributed by atoms with Crippen LogP contribution in [0.2, 0.25) is 0 Å². The van der Waals surface area contributed by atoms with E-state index >= 15 is 0 Å². The van der Waals surface area contributed by atoms with E-state index in [4.69, 9.17) is 9.47 Å². The summed E-state index contributed by atoms with van der Waals surface area (Å²) in [7, 11) is 0. The lowest BCUT2D eigenvalue weighted by Gasteiger charge is -2.14. The molecular weight excluding hydrogens is 315 g/mol. The molecule has 0 N–H and O–H groups in total. The second-order valence-corrected chi connectivity index (χ2v) is 6.19. The molecule has 0 aliphatic heterocycles. The summed E-state index contributed by atoms with van der Waals surface area (Å²) in [5.74, 6) is 2.20. The molecule has 25 heavy (non-hydrogen) atoms. The van der Waals surface area contributed by atoms with Gasteiger partial charge in [0.2, 0.25) is 0 Å². The molecule has 0 radical (unpaired) electrons. The predicted octanol–water partition coefficient (Wildman–Crippen LogP) is 6.32. The van der Waals surface area contributed by atoms with Crippen LogP contribution in [-0.4, -0.2) is 0 Å². The third-order valence-corrected chi connectivity index (χ3v) is 3.89. The normalized spacial score (nSPS) is 10.7. The maximum Gasteiger partial charge on any atom is 0.169 e. The van der Waals surface area contributed by atoms with Gasteiger partial charge in [0.25, 0.3) is 0 Å². The second kappa shape index (κ2) is 7.84. The molecular formula is C22H21FO2. The van der Waals surface area contributed by atoms with Crippen molar-refractivity contribution in [2.24, 2.45) is 0 Å². The van der Waals surface area contributed by atoms with Crippen molar-refractivity contribution >= 4 is 0 Å². The number of para-hydroxylation sites is 2. The van der Waals surface area contributed by atoms with Crippen LogP contribution in [-0.2, 0) is 6.61 Å². The third-order valence-electron chi connectivity index (χ3n) is 3.89. The summed E-state index contributed by atoms with van der Waals surface area (Å²) < 4.78 is 25.1. The van der Waals surface area contributed by atoms with E-state index in [-0.39, 0.29) is 12.4 Å². The lowest BCUT2D eigenvalue weighted by atomic mass is 10.0. The smallest absolute Gasteiger partial charge is 0.169 e. The van der Waals surface area contributed by atoms with Gasteiger partial charge in [0.1, 0.15) is 18.2 Å². The van der Waals surface area contributed by atoms with Crippen molar-refractivity contribution in [1.29, 1.82) is 0 Å². The average Bonchev–Trinajstić information content (AvgIpc) is 2.61. The highest BCUT2D eigenvalue weighted by Crippen LogP contribution is 2.32. The maximum absolute atomic E-state index is 13.3. The Bertz CT molecular complexity index is 843. The van der Waals surface area contributed by atoms with Crippen LogP contribution >= 0.6 is 0 Å². The van der Waals surface area contributed by atoms with Gasteiger partial charge in [0, 0.05) is 0 Å². The summed E-state index contributed by atoms with van der Waals surface area (Å²) >= 11 is 0. The average molecular weight is 336 g/mol. The van der Waals surface area contributed by atoms with Gasteiger partial charge in [-0.05, 0) is 53.4 Å². The first kappa shape index (κ1) is 17.0. The van der Waals surface area contributed by atoms with Gasteiger partial charge < -0.3 is 9.47 Å². The minimum atomic E-state index is -0.267. The van der Waals surface area contributed by atoms with Gasteiger partial charge in [-0.3, -0.25) is 0 Å². The van der Waals surface area contributed by atoms with Crippen LogP contribution < -0.4 is 9.47 Å².